The number of hydrogen-bond donors (Lipinski definition) is 2. The summed E-state index contributed by atoms with van der Waals surface area (Å²) in [7, 11) is -3.44. The van der Waals surface area contributed by atoms with Gasteiger partial charge in [-0.3, -0.25) is 4.72 Å². The molecule has 2 N–H and O–H groups in total. The summed E-state index contributed by atoms with van der Waals surface area (Å²) in [6, 6.07) is 5.43. The number of anilines is 1. The van der Waals surface area contributed by atoms with E-state index in [-0.39, 0.29) is 0 Å². The van der Waals surface area contributed by atoms with E-state index >= 15 is 0 Å². The molecule has 0 saturated heterocycles. The molecule has 0 radical (unpaired) electrons. The summed E-state index contributed by atoms with van der Waals surface area (Å²) < 4.78 is 28.5. The molecule has 0 heterocycles. The zero-order valence-corrected chi connectivity index (χ0v) is 10.9. The number of benzene rings is 1. The third kappa shape index (κ3) is 3.81. The van der Waals surface area contributed by atoms with Crippen LogP contribution in [0.3, 0.4) is 0 Å². The molecule has 15 heavy (non-hydrogen) atoms. The van der Waals surface area contributed by atoms with E-state index in [1.807, 2.05) is 19.1 Å². The minimum atomic E-state index is -3.44. The van der Waals surface area contributed by atoms with Crippen LogP contribution >= 0.6 is 15.9 Å². The molecular weight excluding hydrogens is 280 g/mol. The van der Waals surface area contributed by atoms with Gasteiger partial charge in [0.2, 0.25) is 0 Å². The summed E-state index contributed by atoms with van der Waals surface area (Å²) in [6.45, 7) is 3.94. The lowest BCUT2D eigenvalue weighted by Crippen LogP contribution is -2.30. The Labute approximate surface area is 98.4 Å². The minimum Gasteiger partial charge on any atom is -0.271 e. The Morgan fingerprint density at radius 2 is 2.07 bits per heavy atom. The highest BCUT2D eigenvalue weighted by molar-refractivity contribution is 9.10. The van der Waals surface area contributed by atoms with E-state index in [0.717, 1.165) is 10.0 Å². The summed E-state index contributed by atoms with van der Waals surface area (Å²) in [5.74, 6) is 0. The molecule has 1 aromatic rings. The monoisotopic (exact) mass is 292 g/mol. The van der Waals surface area contributed by atoms with Gasteiger partial charge in [-0.15, -0.1) is 0 Å². The molecule has 0 aliphatic rings. The van der Waals surface area contributed by atoms with Crippen molar-refractivity contribution in [1.82, 2.24) is 4.72 Å². The molecule has 0 aromatic heterocycles. The van der Waals surface area contributed by atoms with Crippen molar-refractivity contribution in [2.75, 3.05) is 11.3 Å². The van der Waals surface area contributed by atoms with E-state index in [2.05, 4.69) is 25.4 Å². The maximum absolute atomic E-state index is 11.4. The second-order valence-corrected chi connectivity index (χ2v) is 5.48. The van der Waals surface area contributed by atoms with Gasteiger partial charge in [-0.25, -0.2) is 0 Å². The summed E-state index contributed by atoms with van der Waals surface area (Å²) in [5.41, 5.74) is 1.45. The Bertz CT molecular complexity index is 445. The Balaban J connectivity index is 2.94. The molecule has 0 bridgehead atoms. The standard InChI is InChI=1S/C9H13BrN2O2S/c1-3-11-15(13,14)12-9-6-8(10)5-4-7(9)2/h4-6,11-12H,3H2,1-2H3. The number of halogens is 1. The maximum Gasteiger partial charge on any atom is 0.299 e. The first-order chi connectivity index (χ1) is 6.94. The van der Waals surface area contributed by atoms with Crippen LogP contribution in [0.2, 0.25) is 0 Å². The van der Waals surface area contributed by atoms with Crippen LogP contribution in [0.5, 0.6) is 0 Å². The molecule has 4 nitrogen and oxygen atoms in total. The van der Waals surface area contributed by atoms with E-state index in [1.165, 1.54) is 0 Å². The van der Waals surface area contributed by atoms with E-state index in [1.54, 1.807) is 13.0 Å². The summed E-state index contributed by atoms with van der Waals surface area (Å²) in [6.07, 6.45) is 0. The van der Waals surface area contributed by atoms with Crippen LogP contribution in [0.4, 0.5) is 5.69 Å². The van der Waals surface area contributed by atoms with E-state index in [4.69, 9.17) is 0 Å². The van der Waals surface area contributed by atoms with Crippen molar-refractivity contribution in [2.45, 2.75) is 13.8 Å². The molecule has 6 heteroatoms. The molecule has 0 aliphatic carbocycles. The van der Waals surface area contributed by atoms with Crippen LogP contribution in [0.15, 0.2) is 22.7 Å². The smallest absolute Gasteiger partial charge is 0.271 e. The van der Waals surface area contributed by atoms with Crippen LogP contribution in [-0.4, -0.2) is 15.0 Å². The van der Waals surface area contributed by atoms with E-state index in [0.29, 0.717) is 12.2 Å². The number of rotatable bonds is 4. The first kappa shape index (κ1) is 12.5. The Morgan fingerprint density at radius 1 is 1.40 bits per heavy atom. The fraction of sp³-hybridized carbons (Fsp3) is 0.333. The van der Waals surface area contributed by atoms with E-state index < -0.39 is 10.2 Å². The highest BCUT2D eigenvalue weighted by Crippen LogP contribution is 2.21. The Hall–Kier alpha value is -0.590. The zero-order chi connectivity index (χ0) is 11.5. The van der Waals surface area contributed by atoms with Gasteiger partial charge in [0.15, 0.2) is 0 Å². The molecule has 0 atom stereocenters. The lowest BCUT2D eigenvalue weighted by atomic mass is 10.2. The van der Waals surface area contributed by atoms with Crippen molar-refractivity contribution in [2.24, 2.45) is 0 Å². The molecule has 0 fully saturated rings. The van der Waals surface area contributed by atoms with Gasteiger partial charge in [-0.2, -0.15) is 13.1 Å². The van der Waals surface area contributed by atoms with Crippen molar-refractivity contribution in [3.8, 4) is 0 Å². The average Bonchev–Trinajstić information content (AvgIpc) is 2.10. The third-order valence-electron chi connectivity index (χ3n) is 1.78. The van der Waals surface area contributed by atoms with Gasteiger partial charge < -0.3 is 0 Å². The van der Waals surface area contributed by atoms with Crippen LogP contribution in [0.1, 0.15) is 12.5 Å². The lowest BCUT2D eigenvalue weighted by Gasteiger charge is -2.10. The van der Waals surface area contributed by atoms with Crippen molar-refractivity contribution in [3.05, 3.63) is 28.2 Å². The second kappa shape index (κ2) is 4.96. The number of nitrogens with one attached hydrogen (secondary N) is 2. The van der Waals surface area contributed by atoms with Gasteiger partial charge in [-0.05, 0) is 24.6 Å². The average molecular weight is 293 g/mol. The molecular formula is C9H13BrN2O2S. The summed E-state index contributed by atoms with van der Waals surface area (Å²) in [5, 5.41) is 0. The summed E-state index contributed by atoms with van der Waals surface area (Å²) in [4.78, 5) is 0. The highest BCUT2D eigenvalue weighted by atomic mass is 79.9. The largest absolute Gasteiger partial charge is 0.299 e. The summed E-state index contributed by atoms with van der Waals surface area (Å²) >= 11 is 3.29. The van der Waals surface area contributed by atoms with Gasteiger partial charge in [0.05, 0.1) is 5.69 Å². The lowest BCUT2D eigenvalue weighted by molar-refractivity contribution is 0.589. The molecule has 0 aliphatic heterocycles. The Morgan fingerprint density at radius 3 is 2.67 bits per heavy atom. The molecule has 84 valence electrons. The number of aryl methyl sites for hydroxylation is 1. The van der Waals surface area contributed by atoms with Crippen LogP contribution in [0.25, 0.3) is 0 Å². The van der Waals surface area contributed by atoms with Gasteiger partial charge in [0.25, 0.3) is 10.2 Å². The predicted octanol–water partition coefficient (Wildman–Crippen LogP) is 2.02. The molecule has 1 aromatic carbocycles. The first-order valence-electron chi connectivity index (χ1n) is 4.48. The molecule has 0 saturated carbocycles. The van der Waals surface area contributed by atoms with Crippen molar-refractivity contribution in [3.63, 3.8) is 0 Å². The van der Waals surface area contributed by atoms with Gasteiger partial charge >= 0.3 is 0 Å². The maximum atomic E-state index is 11.4. The normalized spacial score (nSPS) is 11.4. The predicted molar refractivity (Wildman–Crippen MR) is 65.1 cm³/mol. The van der Waals surface area contributed by atoms with Crippen molar-refractivity contribution >= 4 is 31.8 Å². The minimum absolute atomic E-state index is 0.363. The van der Waals surface area contributed by atoms with Crippen molar-refractivity contribution < 1.29 is 8.42 Å². The van der Waals surface area contributed by atoms with Gasteiger partial charge in [-0.1, -0.05) is 28.9 Å². The topological polar surface area (TPSA) is 58.2 Å². The molecule has 0 spiro atoms. The van der Waals surface area contributed by atoms with Crippen molar-refractivity contribution in [1.29, 1.82) is 0 Å². The fourth-order valence-corrected chi connectivity index (χ4v) is 2.40. The zero-order valence-electron chi connectivity index (χ0n) is 8.54. The number of hydrogen-bond acceptors (Lipinski definition) is 2. The SMILES string of the molecule is CCNS(=O)(=O)Nc1cc(Br)ccc1C. The fourth-order valence-electron chi connectivity index (χ4n) is 1.08. The second-order valence-electron chi connectivity index (χ2n) is 3.06. The van der Waals surface area contributed by atoms with Crippen LogP contribution in [0, 0.1) is 6.92 Å². The molecule has 1 rings (SSSR count). The molecule has 0 unspecified atom stereocenters. The Kier molecular flexibility index (Phi) is 4.12. The quantitative estimate of drug-likeness (QED) is 0.892. The van der Waals surface area contributed by atoms with Gasteiger partial charge in [0, 0.05) is 11.0 Å². The highest BCUT2D eigenvalue weighted by Gasteiger charge is 2.09. The van der Waals surface area contributed by atoms with Crippen LogP contribution < -0.4 is 9.44 Å². The first-order valence-corrected chi connectivity index (χ1v) is 6.76. The third-order valence-corrected chi connectivity index (χ3v) is 3.43. The molecule has 0 amide bonds. The van der Waals surface area contributed by atoms with Crippen LogP contribution in [-0.2, 0) is 10.2 Å². The van der Waals surface area contributed by atoms with Gasteiger partial charge in [0.1, 0.15) is 0 Å². The van der Waals surface area contributed by atoms with E-state index in [9.17, 15) is 8.42 Å².